The molecule has 0 radical (unpaired) electrons. The molecule has 2 atom stereocenters. The second-order valence-corrected chi connectivity index (χ2v) is 7.47. The van der Waals surface area contributed by atoms with Crippen LogP contribution in [0.4, 0.5) is 0 Å². The second kappa shape index (κ2) is 6.32. The Morgan fingerprint density at radius 2 is 2.35 bits per heavy atom. The lowest BCUT2D eigenvalue weighted by atomic mass is 9.94. The summed E-state index contributed by atoms with van der Waals surface area (Å²) in [6.07, 6.45) is 2.47. The zero-order chi connectivity index (χ0) is 12.3. The van der Waals surface area contributed by atoms with Crippen LogP contribution in [-0.2, 0) is 6.42 Å². The van der Waals surface area contributed by atoms with Crippen molar-refractivity contribution >= 4 is 27.3 Å². The lowest BCUT2D eigenvalue weighted by Crippen LogP contribution is -2.47. The summed E-state index contributed by atoms with van der Waals surface area (Å²) in [5, 5.41) is 3.42. The maximum absolute atomic E-state index is 3.52. The molecule has 0 saturated carbocycles. The highest BCUT2D eigenvalue weighted by Crippen LogP contribution is 2.23. The minimum atomic E-state index is 0.710. The van der Waals surface area contributed by atoms with Crippen molar-refractivity contribution in [1.29, 1.82) is 0 Å². The van der Waals surface area contributed by atoms with Crippen molar-refractivity contribution in [3.8, 4) is 0 Å². The molecule has 1 aliphatic rings. The molecule has 0 spiro atoms. The molecule has 1 N–H and O–H groups in total. The number of piperidine rings is 1. The van der Waals surface area contributed by atoms with E-state index in [9.17, 15) is 0 Å². The first kappa shape index (κ1) is 13.5. The van der Waals surface area contributed by atoms with Gasteiger partial charge in [-0.05, 0) is 60.4 Å². The van der Waals surface area contributed by atoms with E-state index >= 15 is 0 Å². The van der Waals surface area contributed by atoms with Gasteiger partial charge in [0, 0.05) is 24.0 Å². The van der Waals surface area contributed by atoms with Crippen molar-refractivity contribution in [3.63, 3.8) is 0 Å². The molecule has 2 rings (SSSR count). The minimum absolute atomic E-state index is 0.710. The van der Waals surface area contributed by atoms with Gasteiger partial charge in [-0.3, -0.25) is 0 Å². The van der Waals surface area contributed by atoms with E-state index in [0.717, 1.165) is 5.92 Å². The smallest absolute Gasteiger partial charge is 0.0701 e. The van der Waals surface area contributed by atoms with Crippen LogP contribution in [0, 0.1) is 5.92 Å². The van der Waals surface area contributed by atoms with Crippen LogP contribution in [0.1, 0.15) is 18.2 Å². The summed E-state index contributed by atoms with van der Waals surface area (Å²) in [6, 6.07) is 5.09. The van der Waals surface area contributed by atoms with Gasteiger partial charge >= 0.3 is 0 Å². The third-order valence-corrected chi connectivity index (χ3v) is 5.35. The lowest BCUT2D eigenvalue weighted by Gasteiger charge is -2.36. The van der Waals surface area contributed by atoms with E-state index in [-0.39, 0.29) is 0 Å². The Labute approximate surface area is 117 Å². The average Bonchev–Trinajstić information content (AvgIpc) is 2.73. The molecule has 1 saturated heterocycles. The van der Waals surface area contributed by atoms with Crippen LogP contribution in [0.15, 0.2) is 15.9 Å². The van der Waals surface area contributed by atoms with Crippen LogP contribution in [0.5, 0.6) is 0 Å². The highest BCUT2D eigenvalue weighted by Gasteiger charge is 2.24. The van der Waals surface area contributed by atoms with E-state index in [1.165, 1.54) is 41.1 Å². The second-order valence-electron chi connectivity index (χ2n) is 4.92. The zero-order valence-corrected chi connectivity index (χ0v) is 13.0. The van der Waals surface area contributed by atoms with E-state index in [0.29, 0.717) is 6.04 Å². The number of nitrogens with one attached hydrogen (secondary N) is 1. The van der Waals surface area contributed by atoms with Gasteiger partial charge < -0.3 is 10.2 Å². The first-order chi connectivity index (χ1) is 8.19. The fraction of sp³-hybridized carbons (Fsp3) is 0.692. The normalized spacial score (nSPS) is 26.3. The SMILES string of the molecule is CNC1CCN(CCc2ccc(Br)s2)CC1C. The summed E-state index contributed by atoms with van der Waals surface area (Å²) < 4.78 is 1.25. The van der Waals surface area contributed by atoms with Gasteiger partial charge in [0.15, 0.2) is 0 Å². The van der Waals surface area contributed by atoms with Gasteiger partial charge in [-0.25, -0.2) is 0 Å². The molecule has 2 unspecified atom stereocenters. The van der Waals surface area contributed by atoms with Gasteiger partial charge in [0.2, 0.25) is 0 Å². The molecule has 0 amide bonds. The van der Waals surface area contributed by atoms with Gasteiger partial charge in [-0.2, -0.15) is 0 Å². The number of hydrogen-bond donors (Lipinski definition) is 1. The predicted molar refractivity (Wildman–Crippen MR) is 78.8 cm³/mol. The van der Waals surface area contributed by atoms with E-state index in [1.54, 1.807) is 0 Å². The van der Waals surface area contributed by atoms with Crippen molar-refractivity contribution in [1.82, 2.24) is 10.2 Å². The molecule has 17 heavy (non-hydrogen) atoms. The maximum atomic E-state index is 3.52. The molecule has 0 aromatic carbocycles. The first-order valence-corrected chi connectivity index (χ1v) is 7.94. The van der Waals surface area contributed by atoms with Crippen molar-refractivity contribution < 1.29 is 0 Å². The Bertz CT molecular complexity index is 353. The lowest BCUT2D eigenvalue weighted by molar-refractivity contribution is 0.153. The molecular weight excluding hydrogens is 296 g/mol. The zero-order valence-electron chi connectivity index (χ0n) is 10.6. The molecule has 2 heterocycles. The largest absolute Gasteiger partial charge is 0.317 e. The van der Waals surface area contributed by atoms with Crippen molar-refractivity contribution in [2.75, 3.05) is 26.7 Å². The number of halogens is 1. The van der Waals surface area contributed by atoms with Crippen LogP contribution < -0.4 is 5.32 Å². The van der Waals surface area contributed by atoms with Crippen molar-refractivity contribution in [3.05, 3.63) is 20.8 Å². The van der Waals surface area contributed by atoms with Crippen LogP contribution in [0.25, 0.3) is 0 Å². The van der Waals surface area contributed by atoms with E-state index in [4.69, 9.17) is 0 Å². The van der Waals surface area contributed by atoms with Crippen LogP contribution in [0.3, 0.4) is 0 Å². The fourth-order valence-corrected chi connectivity index (χ4v) is 4.09. The van der Waals surface area contributed by atoms with Crippen LogP contribution >= 0.6 is 27.3 Å². The molecule has 96 valence electrons. The molecule has 4 heteroatoms. The minimum Gasteiger partial charge on any atom is -0.317 e. The summed E-state index contributed by atoms with van der Waals surface area (Å²) in [5.41, 5.74) is 0. The Hall–Kier alpha value is 0.1000. The standard InChI is InChI=1S/C13H21BrN2S/c1-10-9-16(8-6-12(10)15-2)7-5-11-3-4-13(14)17-11/h3-4,10,12,15H,5-9H2,1-2H3. The maximum Gasteiger partial charge on any atom is 0.0701 e. The van der Waals surface area contributed by atoms with E-state index < -0.39 is 0 Å². The van der Waals surface area contributed by atoms with Crippen molar-refractivity contribution in [2.45, 2.75) is 25.8 Å². The number of rotatable bonds is 4. The van der Waals surface area contributed by atoms with Gasteiger partial charge in [0.05, 0.1) is 3.79 Å². The highest BCUT2D eigenvalue weighted by atomic mass is 79.9. The molecular formula is C13H21BrN2S. The monoisotopic (exact) mass is 316 g/mol. The predicted octanol–water partition coefficient (Wildman–Crippen LogP) is 2.98. The topological polar surface area (TPSA) is 15.3 Å². The molecule has 1 aliphatic heterocycles. The number of nitrogens with zero attached hydrogens (tertiary/aromatic N) is 1. The summed E-state index contributed by atoms with van der Waals surface area (Å²) in [7, 11) is 2.08. The van der Waals surface area contributed by atoms with Crippen LogP contribution in [0.2, 0.25) is 0 Å². The number of hydrogen-bond acceptors (Lipinski definition) is 3. The highest BCUT2D eigenvalue weighted by molar-refractivity contribution is 9.11. The Kier molecular flexibility index (Phi) is 5.03. The fourth-order valence-electron chi connectivity index (χ4n) is 2.62. The first-order valence-electron chi connectivity index (χ1n) is 6.33. The molecule has 2 nitrogen and oxygen atoms in total. The Balaban J connectivity index is 1.77. The molecule has 1 aromatic heterocycles. The quantitative estimate of drug-likeness (QED) is 0.918. The summed E-state index contributed by atoms with van der Waals surface area (Å²) >= 11 is 5.38. The molecule has 0 bridgehead atoms. The van der Waals surface area contributed by atoms with Gasteiger partial charge in [-0.15, -0.1) is 11.3 Å². The van der Waals surface area contributed by atoms with Crippen LogP contribution in [-0.4, -0.2) is 37.6 Å². The third-order valence-electron chi connectivity index (χ3n) is 3.66. The van der Waals surface area contributed by atoms with Gasteiger partial charge in [0.1, 0.15) is 0 Å². The van der Waals surface area contributed by atoms with Gasteiger partial charge in [-0.1, -0.05) is 6.92 Å². The average molecular weight is 317 g/mol. The molecule has 1 aromatic rings. The van der Waals surface area contributed by atoms with Crippen molar-refractivity contribution in [2.24, 2.45) is 5.92 Å². The summed E-state index contributed by atoms with van der Waals surface area (Å²) in [4.78, 5) is 4.09. The van der Waals surface area contributed by atoms with E-state index in [2.05, 4.69) is 52.3 Å². The Morgan fingerprint density at radius 1 is 1.53 bits per heavy atom. The summed E-state index contributed by atoms with van der Waals surface area (Å²) in [5.74, 6) is 0.767. The van der Waals surface area contributed by atoms with E-state index in [1.807, 2.05) is 11.3 Å². The third kappa shape index (κ3) is 3.78. The number of likely N-dealkylation sites (tertiary alicyclic amines) is 1. The molecule has 0 aliphatic carbocycles. The summed E-state index contributed by atoms with van der Waals surface area (Å²) in [6.45, 7) is 6.03. The van der Waals surface area contributed by atoms with Gasteiger partial charge in [0.25, 0.3) is 0 Å². The number of thiophene rings is 1. The molecule has 1 fully saturated rings. The Morgan fingerprint density at radius 3 is 2.94 bits per heavy atom.